The van der Waals surface area contributed by atoms with Crippen LogP contribution in [0.3, 0.4) is 0 Å². The number of thioether (sulfide) groups is 1. The Bertz CT molecular complexity index is 1620. The SMILES string of the molecule is O=C(CSc1nc2sc3c(c2c(=O)n1Cc1ccco1)CCCC3)Nc1ccccc1-c1ccccc1. The number of nitrogens with one attached hydrogen (secondary N) is 1. The lowest BCUT2D eigenvalue weighted by Crippen LogP contribution is -2.25. The summed E-state index contributed by atoms with van der Waals surface area (Å²) >= 11 is 2.90. The molecule has 37 heavy (non-hydrogen) atoms. The van der Waals surface area contributed by atoms with Gasteiger partial charge < -0.3 is 9.73 Å². The molecule has 0 saturated heterocycles. The van der Waals surface area contributed by atoms with E-state index in [1.807, 2.05) is 66.7 Å². The molecule has 0 unspecified atom stereocenters. The summed E-state index contributed by atoms with van der Waals surface area (Å²) in [6.07, 6.45) is 5.76. The molecule has 1 N–H and O–H groups in total. The van der Waals surface area contributed by atoms with Crippen LogP contribution in [0.4, 0.5) is 5.69 Å². The molecule has 0 spiro atoms. The van der Waals surface area contributed by atoms with Gasteiger partial charge in [0, 0.05) is 16.1 Å². The van der Waals surface area contributed by atoms with Gasteiger partial charge in [0.25, 0.3) is 5.56 Å². The number of nitrogens with zero attached hydrogens (tertiary/aromatic N) is 2. The first kappa shape index (κ1) is 23.8. The molecule has 0 aliphatic heterocycles. The second-order valence-corrected chi connectivity index (χ2v) is 11.0. The Balaban J connectivity index is 1.29. The number of para-hydroxylation sites is 1. The number of benzene rings is 2. The molecule has 3 aromatic heterocycles. The number of thiophene rings is 1. The number of anilines is 1. The van der Waals surface area contributed by atoms with Crippen LogP contribution in [-0.4, -0.2) is 21.2 Å². The third-order valence-electron chi connectivity index (χ3n) is 6.55. The van der Waals surface area contributed by atoms with E-state index >= 15 is 0 Å². The van der Waals surface area contributed by atoms with Gasteiger partial charge >= 0.3 is 0 Å². The van der Waals surface area contributed by atoms with Gasteiger partial charge in [-0.05, 0) is 55.0 Å². The molecule has 2 aromatic carbocycles. The molecule has 0 fully saturated rings. The second kappa shape index (κ2) is 10.4. The highest BCUT2D eigenvalue weighted by Crippen LogP contribution is 2.35. The lowest BCUT2D eigenvalue weighted by molar-refractivity contribution is -0.113. The predicted octanol–water partition coefficient (Wildman–Crippen LogP) is 6.38. The summed E-state index contributed by atoms with van der Waals surface area (Å²) in [5.41, 5.74) is 3.84. The van der Waals surface area contributed by atoms with E-state index in [1.165, 1.54) is 16.6 Å². The normalized spacial score (nSPS) is 13.0. The maximum Gasteiger partial charge on any atom is 0.263 e. The fraction of sp³-hybridized carbons (Fsp3) is 0.207. The Morgan fingerprint density at radius 1 is 1.03 bits per heavy atom. The maximum absolute atomic E-state index is 13.7. The summed E-state index contributed by atoms with van der Waals surface area (Å²) in [5.74, 6) is 0.651. The number of amides is 1. The minimum Gasteiger partial charge on any atom is -0.467 e. The molecular formula is C29H25N3O3S2. The number of rotatable bonds is 7. The van der Waals surface area contributed by atoms with Gasteiger partial charge in [-0.25, -0.2) is 4.98 Å². The molecule has 0 radical (unpaired) electrons. The van der Waals surface area contributed by atoms with Gasteiger partial charge in [0.2, 0.25) is 5.91 Å². The summed E-state index contributed by atoms with van der Waals surface area (Å²) in [5, 5.41) is 4.31. The molecule has 3 heterocycles. The summed E-state index contributed by atoms with van der Waals surface area (Å²) in [7, 11) is 0. The second-order valence-electron chi connectivity index (χ2n) is 9.00. The summed E-state index contributed by atoms with van der Waals surface area (Å²) in [6, 6.07) is 21.4. The first-order valence-corrected chi connectivity index (χ1v) is 14.1. The van der Waals surface area contributed by atoms with Crippen molar-refractivity contribution in [2.24, 2.45) is 0 Å². The van der Waals surface area contributed by atoms with Gasteiger partial charge in [-0.1, -0.05) is 60.3 Å². The zero-order valence-electron chi connectivity index (χ0n) is 20.1. The summed E-state index contributed by atoms with van der Waals surface area (Å²) in [6.45, 7) is 0.278. The third-order valence-corrected chi connectivity index (χ3v) is 8.71. The van der Waals surface area contributed by atoms with Crippen molar-refractivity contribution in [1.29, 1.82) is 0 Å². The van der Waals surface area contributed by atoms with Crippen LogP contribution < -0.4 is 10.9 Å². The zero-order valence-corrected chi connectivity index (χ0v) is 21.7. The monoisotopic (exact) mass is 527 g/mol. The summed E-state index contributed by atoms with van der Waals surface area (Å²) in [4.78, 5) is 33.7. The standard InChI is InChI=1S/C29H25N3O3S2/c33-25(30-23-14-6-4-12-21(23)19-9-2-1-3-10-19)18-36-29-31-27-26(22-13-5-7-15-24(22)37-27)28(34)32(29)17-20-11-8-16-35-20/h1-4,6,8-12,14,16H,5,7,13,15,17-18H2,(H,30,33). The first-order valence-electron chi connectivity index (χ1n) is 12.3. The fourth-order valence-electron chi connectivity index (χ4n) is 4.81. The third kappa shape index (κ3) is 4.86. The Morgan fingerprint density at radius 3 is 2.68 bits per heavy atom. The average molecular weight is 528 g/mol. The van der Waals surface area contributed by atoms with Gasteiger partial charge in [0.15, 0.2) is 5.16 Å². The zero-order chi connectivity index (χ0) is 25.2. The minimum absolute atomic E-state index is 0.0573. The highest BCUT2D eigenvalue weighted by Gasteiger charge is 2.23. The van der Waals surface area contributed by atoms with E-state index in [9.17, 15) is 9.59 Å². The Morgan fingerprint density at radius 2 is 1.84 bits per heavy atom. The van der Waals surface area contributed by atoms with E-state index in [-0.39, 0.29) is 23.8 Å². The van der Waals surface area contributed by atoms with Crippen LogP contribution in [0.1, 0.15) is 29.0 Å². The Hall–Kier alpha value is -3.62. The smallest absolute Gasteiger partial charge is 0.263 e. The van der Waals surface area contributed by atoms with Crippen LogP contribution >= 0.6 is 23.1 Å². The molecule has 0 saturated carbocycles. The maximum atomic E-state index is 13.7. The quantitative estimate of drug-likeness (QED) is 0.196. The fourth-order valence-corrected chi connectivity index (χ4v) is 6.91. The predicted molar refractivity (Wildman–Crippen MR) is 150 cm³/mol. The number of carbonyl (C=O) groups is 1. The Kier molecular flexibility index (Phi) is 6.68. The number of aryl methyl sites for hydroxylation is 2. The molecular weight excluding hydrogens is 502 g/mol. The Labute approximate surface area is 222 Å². The number of furan rings is 1. The van der Waals surface area contributed by atoms with Crippen molar-refractivity contribution in [1.82, 2.24) is 9.55 Å². The largest absolute Gasteiger partial charge is 0.467 e. The van der Waals surface area contributed by atoms with Gasteiger partial charge in [-0.15, -0.1) is 11.3 Å². The van der Waals surface area contributed by atoms with Crippen molar-refractivity contribution in [2.75, 3.05) is 11.1 Å². The molecule has 6 rings (SSSR count). The highest BCUT2D eigenvalue weighted by molar-refractivity contribution is 7.99. The number of hydrogen-bond acceptors (Lipinski definition) is 6. The molecule has 1 aliphatic rings. The first-order chi connectivity index (χ1) is 18.2. The van der Waals surface area contributed by atoms with Crippen LogP contribution in [0.15, 0.2) is 87.4 Å². The van der Waals surface area contributed by atoms with Gasteiger partial charge in [0.1, 0.15) is 10.6 Å². The van der Waals surface area contributed by atoms with Gasteiger partial charge in [0.05, 0.1) is 23.9 Å². The van der Waals surface area contributed by atoms with Crippen molar-refractivity contribution in [3.05, 3.63) is 99.5 Å². The van der Waals surface area contributed by atoms with Crippen LogP contribution in [0, 0.1) is 0 Å². The molecule has 0 atom stereocenters. The van der Waals surface area contributed by atoms with E-state index in [0.29, 0.717) is 10.9 Å². The lowest BCUT2D eigenvalue weighted by atomic mass is 9.97. The number of fused-ring (bicyclic) bond motifs is 3. The molecule has 1 aliphatic carbocycles. The van der Waals surface area contributed by atoms with E-state index in [0.717, 1.165) is 58.3 Å². The molecule has 1 amide bonds. The molecule has 8 heteroatoms. The number of carbonyl (C=O) groups excluding carboxylic acids is 1. The van der Waals surface area contributed by atoms with Crippen LogP contribution in [0.5, 0.6) is 0 Å². The van der Waals surface area contributed by atoms with E-state index < -0.39 is 0 Å². The van der Waals surface area contributed by atoms with Crippen molar-refractivity contribution < 1.29 is 9.21 Å². The summed E-state index contributed by atoms with van der Waals surface area (Å²) < 4.78 is 7.19. The van der Waals surface area contributed by atoms with E-state index in [1.54, 1.807) is 22.2 Å². The van der Waals surface area contributed by atoms with Crippen molar-refractivity contribution in [3.8, 4) is 11.1 Å². The molecule has 186 valence electrons. The highest BCUT2D eigenvalue weighted by atomic mass is 32.2. The van der Waals surface area contributed by atoms with Gasteiger partial charge in [-0.2, -0.15) is 0 Å². The van der Waals surface area contributed by atoms with Crippen LogP contribution in [0.25, 0.3) is 21.3 Å². The van der Waals surface area contributed by atoms with Crippen LogP contribution in [0.2, 0.25) is 0 Å². The van der Waals surface area contributed by atoms with Crippen molar-refractivity contribution in [3.63, 3.8) is 0 Å². The van der Waals surface area contributed by atoms with Crippen molar-refractivity contribution in [2.45, 2.75) is 37.4 Å². The van der Waals surface area contributed by atoms with Crippen LogP contribution in [-0.2, 0) is 24.2 Å². The molecule has 6 nitrogen and oxygen atoms in total. The minimum atomic E-state index is -0.155. The lowest BCUT2D eigenvalue weighted by Gasteiger charge is -2.13. The van der Waals surface area contributed by atoms with E-state index in [4.69, 9.17) is 9.40 Å². The van der Waals surface area contributed by atoms with Gasteiger partial charge in [-0.3, -0.25) is 14.2 Å². The molecule has 0 bridgehead atoms. The topological polar surface area (TPSA) is 77.1 Å². The van der Waals surface area contributed by atoms with Crippen molar-refractivity contribution >= 4 is 44.9 Å². The average Bonchev–Trinajstić information content (AvgIpc) is 3.58. The number of aromatic nitrogens is 2. The number of hydrogen-bond donors (Lipinski definition) is 1. The molecule has 5 aromatic rings. The van der Waals surface area contributed by atoms with E-state index in [2.05, 4.69) is 5.32 Å².